The van der Waals surface area contributed by atoms with E-state index >= 15 is 0 Å². The van der Waals surface area contributed by atoms with Crippen molar-refractivity contribution in [1.29, 1.82) is 0 Å². The lowest BCUT2D eigenvalue weighted by molar-refractivity contribution is 0.318. The Labute approximate surface area is 142 Å². The first-order valence-corrected chi connectivity index (χ1v) is 8.86. The Morgan fingerprint density at radius 1 is 0.810 bits per heavy atom. The zero-order valence-electron chi connectivity index (χ0n) is 11.0. The Balaban J connectivity index is 1.83. The van der Waals surface area contributed by atoms with E-state index in [2.05, 4.69) is 5.16 Å². The zero-order valence-corrected chi connectivity index (χ0v) is 14.1. The van der Waals surface area contributed by atoms with Gasteiger partial charge in [-0.05, 0) is 48.5 Å². The second-order valence-electron chi connectivity index (χ2n) is 4.15. The monoisotopic (exact) mass is 357 g/mol. The summed E-state index contributed by atoms with van der Waals surface area (Å²) in [6.07, 6.45) is 0. The van der Waals surface area contributed by atoms with Crippen LogP contribution in [-0.2, 0) is 0 Å². The predicted octanol–water partition coefficient (Wildman–Crippen LogP) is 5.71. The maximum Gasteiger partial charge on any atom is 0.0775 e. The van der Waals surface area contributed by atoms with Crippen molar-refractivity contribution in [2.75, 3.05) is 11.5 Å². The van der Waals surface area contributed by atoms with E-state index in [0.717, 1.165) is 15.5 Å². The van der Waals surface area contributed by atoms with Gasteiger partial charge in [0.2, 0.25) is 0 Å². The highest BCUT2D eigenvalue weighted by atomic mass is 35.5. The molecule has 0 heterocycles. The van der Waals surface area contributed by atoms with Crippen molar-refractivity contribution in [1.82, 2.24) is 0 Å². The Hall–Kier alpha value is -0.810. The molecule has 0 aliphatic heterocycles. The molecule has 0 amide bonds. The lowest BCUT2D eigenvalue weighted by Crippen LogP contribution is -2.05. The van der Waals surface area contributed by atoms with Crippen molar-refractivity contribution in [2.24, 2.45) is 5.16 Å². The quantitative estimate of drug-likeness (QED) is 0.311. The Bertz CT molecular complexity index is 549. The molecule has 0 spiro atoms. The SMILES string of the molecule is ON=C(CSc1ccc(Cl)cc1)CSc1ccc(Cl)cc1. The first-order valence-electron chi connectivity index (χ1n) is 6.14. The molecule has 0 bridgehead atoms. The van der Waals surface area contributed by atoms with E-state index in [1.807, 2.05) is 48.5 Å². The fourth-order valence-corrected chi connectivity index (χ4v) is 3.52. The smallest absolute Gasteiger partial charge is 0.0775 e. The lowest BCUT2D eigenvalue weighted by atomic mass is 10.4. The molecule has 0 radical (unpaired) electrons. The van der Waals surface area contributed by atoms with Gasteiger partial charge in [-0.2, -0.15) is 0 Å². The molecule has 6 heteroatoms. The van der Waals surface area contributed by atoms with Gasteiger partial charge in [0, 0.05) is 31.3 Å². The largest absolute Gasteiger partial charge is 0.411 e. The van der Waals surface area contributed by atoms with Gasteiger partial charge in [0.25, 0.3) is 0 Å². The minimum atomic E-state index is 0.638. The molecular weight excluding hydrogens is 345 g/mol. The Morgan fingerprint density at radius 2 is 1.19 bits per heavy atom. The highest BCUT2D eigenvalue weighted by Crippen LogP contribution is 2.23. The fraction of sp³-hybridized carbons (Fsp3) is 0.133. The summed E-state index contributed by atoms with van der Waals surface area (Å²) in [5.74, 6) is 1.28. The van der Waals surface area contributed by atoms with Crippen LogP contribution < -0.4 is 0 Å². The van der Waals surface area contributed by atoms with Gasteiger partial charge in [-0.3, -0.25) is 0 Å². The highest BCUT2D eigenvalue weighted by Gasteiger charge is 2.04. The van der Waals surface area contributed by atoms with Crippen molar-refractivity contribution in [3.8, 4) is 0 Å². The van der Waals surface area contributed by atoms with Gasteiger partial charge in [0.15, 0.2) is 0 Å². The third-order valence-corrected chi connectivity index (χ3v) is 5.25. The molecule has 0 aliphatic rings. The number of thioether (sulfide) groups is 2. The summed E-state index contributed by atoms with van der Waals surface area (Å²) < 4.78 is 0. The average molecular weight is 358 g/mol. The molecule has 0 fully saturated rings. The third kappa shape index (κ3) is 5.83. The van der Waals surface area contributed by atoms with Crippen molar-refractivity contribution in [3.05, 3.63) is 58.6 Å². The van der Waals surface area contributed by atoms with E-state index in [4.69, 9.17) is 28.4 Å². The van der Waals surface area contributed by atoms with Gasteiger partial charge in [0.1, 0.15) is 0 Å². The van der Waals surface area contributed by atoms with Gasteiger partial charge < -0.3 is 5.21 Å². The van der Waals surface area contributed by atoms with Crippen molar-refractivity contribution in [3.63, 3.8) is 0 Å². The van der Waals surface area contributed by atoms with Crippen LogP contribution in [0.25, 0.3) is 0 Å². The number of rotatable bonds is 6. The summed E-state index contributed by atoms with van der Waals surface area (Å²) in [5, 5.41) is 13.9. The predicted molar refractivity (Wildman–Crippen MR) is 93.6 cm³/mol. The molecule has 21 heavy (non-hydrogen) atoms. The summed E-state index contributed by atoms with van der Waals surface area (Å²) in [7, 11) is 0. The van der Waals surface area contributed by atoms with Crippen LogP contribution in [0.4, 0.5) is 0 Å². The van der Waals surface area contributed by atoms with Crippen LogP contribution in [0.15, 0.2) is 63.5 Å². The maximum atomic E-state index is 9.09. The van der Waals surface area contributed by atoms with Crippen molar-refractivity contribution < 1.29 is 5.21 Å². The summed E-state index contributed by atoms with van der Waals surface area (Å²) in [6.45, 7) is 0. The number of halogens is 2. The number of oxime groups is 1. The standard InChI is InChI=1S/C15H13Cl2NOS2/c16-11-1-5-14(6-2-11)20-9-13(18-19)10-21-15-7-3-12(17)4-8-15/h1-8,19H,9-10H2. The van der Waals surface area contributed by atoms with Crippen LogP contribution in [0.3, 0.4) is 0 Å². The summed E-state index contributed by atoms with van der Waals surface area (Å²) in [5.41, 5.74) is 0.731. The first-order chi connectivity index (χ1) is 10.2. The molecule has 0 aromatic heterocycles. The van der Waals surface area contributed by atoms with Gasteiger partial charge >= 0.3 is 0 Å². The molecule has 0 unspecified atom stereocenters. The van der Waals surface area contributed by atoms with Crippen LogP contribution >= 0.6 is 46.7 Å². The van der Waals surface area contributed by atoms with Crippen LogP contribution in [0, 0.1) is 0 Å². The minimum absolute atomic E-state index is 0.638. The average Bonchev–Trinajstić information content (AvgIpc) is 2.51. The van der Waals surface area contributed by atoms with E-state index in [1.54, 1.807) is 23.5 Å². The number of benzene rings is 2. The summed E-state index contributed by atoms with van der Waals surface area (Å²) in [4.78, 5) is 2.19. The van der Waals surface area contributed by atoms with Crippen molar-refractivity contribution >= 4 is 52.4 Å². The van der Waals surface area contributed by atoms with Gasteiger partial charge in [-0.15, -0.1) is 23.5 Å². The van der Waals surface area contributed by atoms with Gasteiger partial charge in [-0.1, -0.05) is 28.4 Å². The summed E-state index contributed by atoms with van der Waals surface area (Å²) >= 11 is 14.9. The molecular formula is C15H13Cl2NOS2. The molecule has 0 aliphatic carbocycles. The molecule has 2 nitrogen and oxygen atoms in total. The molecule has 110 valence electrons. The second-order valence-corrected chi connectivity index (χ2v) is 7.12. The highest BCUT2D eigenvalue weighted by molar-refractivity contribution is 8.01. The van der Waals surface area contributed by atoms with Crippen LogP contribution in [0.2, 0.25) is 10.0 Å². The third-order valence-electron chi connectivity index (χ3n) is 2.58. The Kier molecular flexibility index (Phi) is 6.77. The minimum Gasteiger partial charge on any atom is -0.411 e. The first kappa shape index (κ1) is 16.6. The van der Waals surface area contributed by atoms with E-state index in [1.165, 1.54) is 0 Å². The Morgan fingerprint density at radius 3 is 1.52 bits per heavy atom. The van der Waals surface area contributed by atoms with Gasteiger partial charge in [0.05, 0.1) is 5.71 Å². The molecule has 2 aromatic carbocycles. The molecule has 2 rings (SSSR count). The number of hydrogen-bond donors (Lipinski definition) is 1. The topological polar surface area (TPSA) is 32.6 Å². The number of hydrogen-bond acceptors (Lipinski definition) is 4. The summed E-state index contributed by atoms with van der Waals surface area (Å²) in [6, 6.07) is 15.2. The lowest BCUT2D eigenvalue weighted by Gasteiger charge is -2.05. The van der Waals surface area contributed by atoms with Crippen LogP contribution in [0.1, 0.15) is 0 Å². The second kappa shape index (κ2) is 8.59. The molecule has 2 aromatic rings. The number of nitrogens with zero attached hydrogens (tertiary/aromatic N) is 1. The zero-order chi connectivity index (χ0) is 15.1. The van der Waals surface area contributed by atoms with E-state index in [9.17, 15) is 0 Å². The van der Waals surface area contributed by atoms with Crippen LogP contribution in [-0.4, -0.2) is 22.4 Å². The molecule has 1 N–H and O–H groups in total. The van der Waals surface area contributed by atoms with E-state index < -0.39 is 0 Å². The molecule has 0 saturated heterocycles. The van der Waals surface area contributed by atoms with Crippen molar-refractivity contribution in [2.45, 2.75) is 9.79 Å². The van der Waals surface area contributed by atoms with Gasteiger partial charge in [-0.25, -0.2) is 0 Å². The normalized spacial score (nSPS) is 10.4. The molecule has 0 saturated carbocycles. The maximum absolute atomic E-state index is 9.09. The fourth-order valence-electron chi connectivity index (χ4n) is 1.49. The van der Waals surface area contributed by atoms with E-state index in [0.29, 0.717) is 21.6 Å². The van der Waals surface area contributed by atoms with Crippen LogP contribution in [0.5, 0.6) is 0 Å². The van der Waals surface area contributed by atoms with E-state index in [-0.39, 0.29) is 0 Å². The molecule has 0 atom stereocenters.